The molecule has 1 aliphatic heterocycles. The van der Waals surface area contributed by atoms with Gasteiger partial charge in [-0.25, -0.2) is 0 Å². The van der Waals surface area contributed by atoms with E-state index in [-0.39, 0.29) is 17.7 Å². The van der Waals surface area contributed by atoms with Crippen molar-refractivity contribution in [1.29, 1.82) is 0 Å². The van der Waals surface area contributed by atoms with E-state index >= 15 is 0 Å². The van der Waals surface area contributed by atoms with Crippen LogP contribution in [0.1, 0.15) is 48.9 Å². The van der Waals surface area contributed by atoms with Gasteiger partial charge in [0.2, 0.25) is 5.91 Å². The quantitative estimate of drug-likeness (QED) is 0.158. The molecule has 0 aliphatic carbocycles. The molecule has 3 aromatic carbocycles. The van der Waals surface area contributed by atoms with Gasteiger partial charge in [-0.05, 0) is 70.8 Å². The molecule has 0 spiro atoms. The van der Waals surface area contributed by atoms with Crippen LogP contribution in [0.3, 0.4) is 0 Å². The Bertz CT molecular complexity index is 1830. The number of hydrogen-bond acceptors (Lipinski definition) is 5. The summed E-state index contributed by atoms with van der Waals surface area (Å²) in [4.78, 5) is 13.1. The molecule has 2 bridgehead atoms. The van der Waals surface area contributed by atoms with Gasteiger partial charge >= 0.3 is 0 Å². The molecule has 0 saturated carbocycles. The number of amides is 1. The van der Waals surface area contributed by atoms with Gasteiger partial charge in [0.25, 0.3) is 0 Å². The minimum Gasteiger partial charge on any atom is -0.618 e. The van der Waals surface area contributed by atoms with Gasteiger partial charge in [-0.3, -0.25) is 4.79 Å². The lowest BCUT2D eigenvalue weighted by Gasteiger charge is -2.22. The number of halogens is 1. The molecule has 9 heteroatoms. The lowest BCUT2D eigenvalue weighted by Crippen LogP contribution is -2.34. The predicted molar refractivity (Wildman–Crippen MR) is 162 cm³/mol. The SMILES string of the molecule is C#Cc1ccc2c(c1)NC(=O)C(C)CCCC(c1ccc(-c3cc(Cl)ccc3-n3cnnn3)c[n+]1[O-])c1cccc-2c1. The minimum absolute atomic E-state index is 0.0538. The molecule has 42 heavy (non-hydrogen) atoms. The molecule has 0 saturated heterocycles. The molecular formula is C33H27ClN6O2. The van der Waals surface area contributed by atoms with E-state index in [0.717, 1.165) is 33.4 Å². The lowest BCUT2D eigenvalue weighted by molar-refractivity contribution is -0.614. The first-order chi connectivity index (χ1) is 20.4. The Morgan fingerprint density at radius 1 is 1.05 bits per heavy atom. The maximum absolute atomic E-state index is 13.7. The van der Waals surface area contributed by atoms with Crippen LogP contribution in [0, 0.1) is 23.5 Å². The Labute approximate surface area is 248 Å². The molecule has 1 aliphatic rings. The molecule has 0 fully saturated rings. The molecule has 5 aromatic rings. The second-order valence-electron chi connectivity index (χ2n) is 10.5. The summed E-state index contributed by atoms with van der Waals surface area (Å²) < 4.78 is 2.47. The Kier molecular flexibility index (Phi) is 7.43. The van der Waals surface area contributed by atoms with Gasteiger partial charge in [-0.2, -0.15) is 9.41 Å². The molecule has 0 radical (unpaired) electrons. The summed E-state index contributed by atoms with van der Waals surface area (Å²) in [6, 6.07) is 22.9. The zero-order valence-electron chi connectivity index (χ0n) is 22.9. The number of nitrogens with zero attached hydrogens (tertiary/aromatic N) is 5. The van der Waals surface area contributed by atoms with E-state index in [1.54, 1.807) is 18.3 Å². The highest BCUT2D eigenvalue weighted by Gasteiger charge is 2.26. The summed E-state index contributed by atoms with van der Waals surface area (Å²) in [7, 11) is 0. The monoisotopic (exact) mass is 574 g/mol. The minimum atomic E-state index is -0.208. The molecule has 1 N–H and O–H groups in total. The Morgan fingerprint density at radius 3 is 2.71 bits per heavy atom. The summed E-state index contributed by atoms with van der Waals surface area (Å²) in [6.07, 6.45) is 10.9. The Morgan fingerprint density at radius 2 is 1.93 bits per heavy atom. The third-order valence-electron chi connectivity index (χ3n) is 7.79. The molecule has 8 nitrogen and oxygen atoms in total. The highest BCUT2D eigenvalue weighted by molar-refractivity contribution is 6.31. The number of aromatic nitrogens is 5. The van der Waals surface area contributed by atoms with Crippen molar-refractivity contribution in [2.24, 2.45) is 5.92 Å². The van der Waals surface area contributed by atoms with Crippen molar-refractivity contribution in [2.75, 3.05) is 5.32 Å². The van der Waals surface area contributed by atoms with Gasteiger partial charge in [0.15, 0.2) is 11.9 Å². The van der Waals surface area contributed by atoms with Crippen LogP contribution in [-0.2, 0) is 4.79 Å². The number of pyridine rings is 1. The van der Waals surface area contributed by atoms with E-state index in [1.165, 1.54) is 11.0 Å². The normalized spacial score (nSPS) is 16.8. The fraction of sp³-hybridized carbons (Fsp3) is 0.182. The van der Waals surface area contributed by atoms with Gasteiger partial charge in [-0.15, -0.1) is 11.5 Å². The summed E-state index contributed by atoms with van der Waals surface area (Å²) in [6.45, 7) is 1.93. The van der Waals surface area contributed by atoms with Gasteiger partial charge in [0.1, 0.15) is 6.33 Å². The van der Waals surface area contributed by atoms with Crippen molar-refractivity contribution in [3.63, 3.8) is 0 Å². The number of nitrogens with one attached hydrogen (secondary N) is 1. The van der Waals surface area contributed by atoms with E-state index in [4.69, 9.17) is 18.0 Å². The van der Waals surface area contributed by atoms with Gasteiger partial charge in [0.05, 0.1) is 11.6 Å². The number of fused-ring (bicyclic) bond motifs is 4. The maximum atomic E-state index is 13.7. The molecule has 1 amide bonds. The molecule has 6 rings (SSSR count). The molecule has 3 heterocycles. The average molecular weight is 575 g/mol. The number of hydrogen-bond donors (Lipinski definition) is 1. The van der Waals surface area contributed by atoms with Crippen molar-refractivity contribution in [2.45, 2.75) is 32.1 Å². The first kappa shape index (κ1) is 27.2. The Hall–Kier alpha value is -5.00. The van der Waals surface area contributed by atoms with Crippen LogP contribution in [0.4, 0.5) is 5.69 Å². The zero-order chi connectivity index (χ0) is 29.2. The van der Waals surface area contributed by atoms with Crippen LogP contribution in [0.2, 0.25) is 5.02 Å². The van der Waals surface area contributed by atoms with Crippen LogP contribution in [-0.4, -0.2) is 26.1 Å². The molecule has 208 valence electrons. The third kappa shape index (κ3) is 5.35. The fourth-order valence-electron chi connectivity index (χ4n) is 5.55. The van der Waals surface area contributed by atoms with Crippen LogP contribution in [0.5, 0.6) is 0 Å². The first-order valence-corrected chi connectivity index (χ1v) is 14.1. The molecule has 2 atom stereocenters. The summed E-state index contributed by atoms with van der Waals surface area (Å²) in [5.41, 5.74) is 6.95. The van der Waals surface area contributed by atoms with Crippen molar-refractivity contribution >= 4 is 23.2 Å². The number of carbonyl (C=O) groups is 1. The maximum Gasteiger partial charge on any atom is 0.227 e. The average Bonchev–Trinajstić information content (AvgIpc) is 3.54. The molecule has 2 aromatic heterocycles. The fourth-order valence-corrected chi connectivity index (χ4v) is 5.72. The van der Waals surface area contributed by atoms with Crippen molar-refractivity contribution < 1.29 is 9.52 Å². The highest BCUT2D eigenvalue weighted by Crippen LogP contribution is 2.36. The van der Waals surface area contributed by atoms with E-state index in [0.29, 0.717) is 46.1 Å². The Balaban J connectivity index is 1.44. The van der Waals surface area contributed by atoms with Crippen molar-refractivity contribution in [1.82, 2.24) is 20.2 Å². The van der Waals surface area contributed by atoms with E-state index in [2.05, 4.69) is 38.9 Å². The van der Waals surface area contributed by atoms with E-state index in [1.807, 2.05) is 55.5 Å². The summed E-state index contributed by atoms with van der Waals surface area (Å²) >= 11 is 6.34. The number of anilines is 1. The third-order valence-corrected chi connectivity index (χ3v) is 8.02. The number of carbonyl (C=O) groups excluding carboxylic acids is 1. The summed E-state index contributed by atoms with van der Waals surface area (Å²) in [5.74, 6) is 2.21. The van der Waals surface area contributed by atoms with E-state index in [9.17, 15) is 10.0 Å². The number of benzene rings is 3. The molecule has 2 unspecified atom stereocenters. The highest BCUT2D eigenvalue weighted by atomic mass is 35.5. The van der Waals surface area contributed by atoms with Gasteiger partial charge < -0.3 is 10.5 Å². The largest absolute Gasteiger partial charge is 0.618 e. The van der Waals surface area contributed by atoms with Gasteiger partial charge in [0, 0.05) is 44.9 Å². The number of terminal acetylenes is 1. The second kappa shape index (κ2) is 11.5. The first-order valence-electron chi connectivity index (χ1n) is 13.7. The van der Waals surface area contributed by atoms with E-state index < -0.39 is 0 Å². The smallest absolute Gasteiger partial charge is 0.227 e. The van der Waals surface area contributed by atoms with Crippen LogP contribution >= 0.6 is 11.6 Å². The summed E-state index contributed by atoms with van der Waals surface area (Å²) in [5, 5.41) is 28.8. The zero-order valence-corrected chi connectivity index (χ0v) is 23.6. The van der Waals surface area contributed by atoms with Crippen molar-refractivity contribution in [3.05, 3.63) is 112 Å². The van der Waals surface area contributed by atoms with Gasteiger partial charge in [-0.1, -0.05) is 61.2 Å². The standard InChI is InChI=1S/C33H27ClN6O2/c1-3-22-10-13-27-23-7-5-8-24(17-23)28(9-4-6-21(2)33(41)36-30(27)16-22)32-14-11-25(19-40(32)42)29-18-26(34)12-15-31(29)39-20-35-37-38-39/h1,5,7-8,10-21,28H,4,6,9H2,2H3,(H,36,41). The second-order valence-corrected chi connectivity index (χ2v) is 10.9. The van der Waals surface area contributed by atoms with Crippen molar-refractivity contribution in [3.8, 4) is 40.3 Å². The topological polar surface area (TPSA) is 99.6 Å². The van der Waals surface area contributed by atoms with Crippen LogP contribution < -0.4 is 10.0 Å². The predicted octanol–water partition coefficient (Wildman–Crippen LogP) is 6.15. The number of tetrazole rings is 1. The van der Waals surface area contributed by atoms with Crippen LogP contribution in [0.15, 0.2) is 85.3 Å². The lowest BCUT2D eigenvalue weighted by atomic mass is 9.86. The molecular weight excluding hydrogens is 548 g/mol. The number of rotatable bonds is 3. The van der Waals surface area contributed by atoms with Crippen LogP contribution in [0.25, 0.3) is 27.9 Å².